The third kappa shape index (κ3) is 1.97. The van der Waals surface area contributed by atoms with Gasteiger partial charge in [0, 0.05) is 6.54 Å². The van der Waals surface area contributed by atoms with Gasteiger partial charge in [-0.25, -0.2) is 4.39 Å². The Kier molecular flexibility index (Phi) is 3.02. The van der Waals surface area contributed by atoms with Crippen LogP contribution < -0.4 is 5.73 Å². The van der Waals surface area contributed by atoms with Gasteiger partial charge in [-0.05, 0) is 41.3 Å². The molecule has 0 aliphatic rings. The lowest BCUT2D eigenvalue weighted by Gasteiger charge is -2.10. The lowest BCUT2D eigenvalue weighted by Crippen LogP contribution is -2.00. The van der Waals surface area contributed by atoms with Crippen molar-refractivity contribution in [2.75, 3.05) is 0 Å². The molecular weight excluding hydrogens is 201 g/mol. The molecule has 0 saturated carbocycles. The minimum atomic E-state index is -0.226. The van der Waals surface area contributed by atoms with Crippen molar-refractivity contribution < 1.29 is 4.39 Å². The molecule has 0 unspecified atom stereocenters. The van der Waals surface area contributed by atoms with E-state index in [1.807, 2.05) is 31.2 Å². The summed E-state index contributed by atoms with van der Waals surface area (Å²) < 4.78 is 13.3. The minimum absolute atomic E-state index is 0.226. The molecule has 0 atom stereocenters. The number of hydrogen-bond donors (Lipinski definition) is 1. The summed E-state index contributed by atoms with van der Waals surface area (Å²) in [7, 11) is 0. The highest BCUT2D eigenvalue weighted by atomic mass is 19.1. The van der Waals surface area contributed by atoms with Crippen molar-refractivity contribution in [3.8, 4) is 11.1 Å². The van der Waals surface area contributed by atoms with Crippen LogP contribution in [0.5, 0.6) is 0 Å². The van der Waals surface area contributed by atoms with Crippen molar-refractivity contribution in [3.05, 3.63) is 59.4 Å². The van der Waals surface area contributed by atoms with Gasteiger partial charge in [0.25, 0.3) is 0 Å². The molecule has 0 aromatic heterocycles. The van der Waals surface area contributed by atoms with Gasteiger partial charge in [0.1, 0.15) is 5.82 Å². The van der Waals surface area contributed by atoms with E-state index in [-0.39, 0.29) is 5.82 Å². The second-order valence-corrected chi connectivity index (χ2v) is 3.82. The van der Waals surface area contributed by atoms with Gasteiger partial charge in [-0.3, -0.25) is 0 Å². The smallest absolute Gasteiger partial charge is 0.123 e. The van der Waals surface area contributed by atoms with Gasteiger partial charge in [-0.1, -0.05) is 30.3 Å². The summed E-state index contributed by atoms with van der Waals surface area (Å²) in [6.45, 7) is 2.44. The Hall–Kier alpha value is -1.67. The Balaban J connectivity index is 2.63. The fraction of sp³-hybridized carbons (Fsp3) is 0.143. The van der Waals surface area contributed by atoms with Crippen LogP contribution in [-0.4, -0.2) is 0 Å². The Morgan fingerprint density at radius 3 is 2.50 bits per heavy atom. The Morgan fingerprint density at radius 1 is 1.06 bits per heavy atom. The van der Waals surface area contributed by atoms with E-state index < -0.39 is 0 Å². The molecule has 2 rings (SSSR count). The van der Waals surface area contributed by atoms with E-state index in [0.29, 0.717) is 6.54 Å². The van der Waals surface area contributed by atoms with E-state index in [0.717, 1.165) is 22.3 Å². The van der Waals surface area contributed by atoms with Crippen molar-refractivity contribution in [2.24, 2.45) is 5.73 Å². The van der Waals surface area contributed by atoms with Crippen LogP contribution in [0.15, 0.2) is 42.5 Å². The third-order valence-corrected chi connectivity index (χ3v) is 2.73. The molecular formula is C14H14FN. The van der Waals surface area contributed by atoms with E-state index in [1.165, 1.54) is 6.07 Å². The summed E-state index contributed by atoms with van der Waals surface area (Å²) in [4.78, 5) is 0. The largest absolute Gasteiger partial charge is 0.326 e. The van der Waals surface area contributed by atoms with Crippen LogP contribution in [0.1, 0.15) is 11.1 Å². The molecule has 0 radical (unpaired) electrons. The van der Waals surface area contributed by atoms with Crippen LogP contribution in [-0.2, 0) is 6.54 Å². The van der Waals surface area contributed by atoms with E-state index in [1.54, 1.807) is 12.1 Å². The van der Waals surface area contributed by atoms with Crippen LogP contribution in [0.25, 0.3) is 11.1 Å². The first-order valence-electron chi connectivity index (χ1n) is 5.27. The molecule has 0 bridgehead atoms. The van der Waals surface area contributed by atoms with Gasteiger partial charge in [0.2, 0.25) is 0 Å². The van der Waals surface area contributed by atoms with Crippen molar-refractivity contribution in [3.63, 3.8) is 0 Å². The highest BCUT2D eigenvalue weighted by molar-refractivity contribution is 5.70. The fourth-order valence-corrected chi connectivity index (χ4v) is 1.85. The predicted octanol–water partition coefficient (Wildman–Crippen LogP) is 3.26. The molecule has 1 nitrogen and oxygen atoms in total. The van der Waals surface area contributed by atoms with E-state index in [4.69, 9.17) is 5.73 Å². The van der Waals surface area contributed by atoms with Gasteiger partial charge in [0.15, 0.2) is 0 Å². The molecule has 16 heavy (non-hydrogen) atoms. The summed E-state index contributed by atoms with van der Waals surface area (Å²) in [5, 5.41) is 0. The van der Waals surface area contributed by atoms with Gasteiger partial charge in [0.05, 0.1) is 0 Å². The highest BCUT2D eigenvalue weighted by Gasteiger charge is 2.07. The van der Waals surface area contributed by atoms with Crippen molar-refractivity contribution >= 4 is 0 Å². The minimum Gasteiger partial charge on any atom is -0.326 e. The second kappa shape index (κ2) is 4.45. The summed E-state index contributed by atoms with van der Waals surface area (Å²) in [5.41, 5.74) is 9.69. The molecule has 0 amide bonds. The van der Waals surface area contributed by atoms with Gasteiger partial charge in [-0.15, -0.1) is 0 Å². The maximum atomic E-state index is 13.3. The summed E-state index contributed by atoms with van der Waals surface area (Å²) in [5.74, 6) is -0.226. The van der Waals surface area contributed by atoms with Crippen molar-refractivity contribution in [1.82, 2.24) is 0 Å². The molecule has 0 heterocycles. The third-order valence-electron chi connectivity index (χ3n) is 2.73. The first-order valence-corrected chi connectivity index (χ1v) is 5.27. The number of hydrogen-bond acceptors (Lipinski definition) is 1. The molecule has 82 valence electrons. The average molecular weight is 215 g/mol. The molecule has 0 aliphatic carbocycles. The Labute approximate surface area is 94.7 Å². The molecule has 0 fully saturated rings. The number of rotatable bonds is 2. The zero-order valence-corrected chi connectivity index (χ0v) is 9.20. The molecule has 0 aliphatic heterocycles. The molecule has 2 aromatic rings. The number of aryl methyl sites for hydroxylation is 1. The lowest BCUT2D eigenvalue weighted by atomic mass is 9.96. The standard InChI is InChI=1S/C14H14FN/c1-10-4-2-3-5-13(10)14-8-12(15)7-6-11(14)9-16/h2-8H,9,16H2,1H3. The van der Waals surface area contributed by atoms with E-state index in [9.17, 15) is 4.39 Å². The fourth-order valence-electron chi connectivity index (χ4n) is 1.85. The van der Waals surface area contributed by atoms with Gasteiger partial charge >= 0.3 is 0 Å². The topological polar surface area (TPSA) is 26.0 Å². The summed E-state index contributed by atoms with van der Waals surface area (Å²) >= 11 is 0. The monoisotopic (exact) mass is 215 g/mol. The zero-order chi connectivity index (χ0) is 11.5. The van der Waals surface area contributed by atoms with Crippen LogP contribution >= 0.6 is 0 Å². The first-order chi connectivity index (χ1) is 7.72. The van der Waals surface area contributed by atoms with Gasteiger partial charge in [-0.2, -0.15) is 0 Å². The van der Waals surface area contributed by atoms with Crippen molar-refractivity contribution in [2.45, 2.75) is 13.5 Å². The lowest BCUT2D eigenvalue weighted by molar-refractivity contribution is 0.627. The van der Waals surface area contributed by atoms with E-state index in [2.05, 4.69) is 0 Å². The highest BCUT2D eigenvalue weighted by Crippen LogP contribution is 2.27. The van der Waals surface area contributed by atoms with Crippen LogP contribution in [0.3, 0.4) is 0 Å². The van der Waals surface area contributed by atoms with E-state index >= 15 is 0 Å². The molecule has 2 N–H and O–H groups in total. The van der Waals surface area contributed by atoms with Gasteiger partial charge < -0.3 is 5.73 Å². The van der Waals surface area contributed by atoms with Crippen LogP contribution in [0.2, 0.25) is 0 Å². The zero-order valence-electron chi connectivity index (χ0n) is 9.20. The number of halogens is 1. The Bertz CT molecular complexity index is 506. The maximum absolute atomic E-state index is 13.3. The SMILES string of the molecule is Cc1ccccc1-c1cc(F)ccc1CN. The molecule has 0 saturated heterocycles. The number of nitrogens with two attached hydrogens (primary N) is 1. The molecule has 0 spiro atoms. The normalized spacial score (nSPS) is 10.4. The number of benzene rings is 2. The quantitative estimate of drug-likeness (QED) is 0.817. The summed E-state index contributed by atoms with van der Waals surface area (Å²) in [6.07, 6.45) is 0. The first kappa shape index (κ1) is 10.8. The molecule has 2 aromatic carbocycles. The summed E-state index contributed by atoms with van der Waals surface area (Å²) in [6, 6.07) is 12.7. The Morgan fingerprint density at radius 2 is 1.81 bits per heavy atom. The van der Waals surface area contributed by atoms with Crippen molar-refractivity contribution in [1.29, 1.82) is 0 Å². The average Bonchev–Trinajstić information content (AvgIpc) is 2.29. The maximum Gasteiger partial charge on any atom is 0.123 e. The van der Waals surface area contributed by atoms with Crippen LogP contribution in [0, 0.1) is 12.7 Å². The second-order valence-electron chi connectivity index (χ2n) is 3.82. The predicted molar refractivity (Wildman–Crippen MR) is 64.5 cm³/mol. The molecule has 2 heteroatoms. The van der Waals surface area contributed by atoms with Crippen LogP contribution in [0.4, 0.5) is 4.39 Å².